The zero-order chi connectivity index (χ0) is 11.8. The number of alkyl halides is 1. The molecule has 16 heavy (non-hydrogen) atoms. The quantitative estimate of drug-likeness (QED) is 0.612. The van der Waals surface area contributed by atoms with E-state index < -0.39 is 0 Å². The molecule has 0 aromatic heterocycles. The van der Waals surface area contributed by atoms with Gasteiger partial charge < -0.3 is 4.74 Å². The van der Waals surface area contributed by atoms with E-state index in [-0.39, 0.29) is 5.97 Å². The summed E-state index contributed by atoms with van der Waals surface area (Å²) < 4.78 is 4.63. The molecule has 86 valence electrons. The number of hydrogen-bond donors (Lipinski definition) is 0. The van der Waals surface area contributed by atoms with E-state index in [2.05, 4.69) is 26.7 Å². The fourth-order valence-corrected chi connectivity index (χ4v) is 1.62. The largest absolute Gasteiger partial charge is 0.469 e. The van der Waals surface area contributed by atoms with Crippen LogP contribution in [-0.2, 0) is 16.0 Å². The second kappa shape index (κ2) is 7.23. The average molecular weight is 283 g/mol. The number of methoxy groups -OCH3 is 1. The molecule has 1 aromatic rings. The van der Waals surface area contributed by atoms with Gasteiger partial charge in [-0.15, -0.1) is 0 Å². The SMILES string of the molecule is COC(=O)CCc1ccccc1C=CCBr. The Kier molecular flexibility index (Phi) is 5.86. The fourth-order valence-electron chi connectivity index (χ4n) is 1.43. The molecule has 0 N–H and O–H groups in total. The molecule has 1 rings (SSSR count). The second-order valence-corrected chi connectivity index (χ2v) is 3.98. The Bertz CT molecular complexity index is 372. The van der Waals surface area contributed by atoms with Gasteiger partial charge in [0.25, 0.3) is 0 Å². The first-order chi connectivity index (χ1) is 7.77. The third-order valence-electron chi connectivity index (χ3n) is 2.27. The summed E-state index contributed by atoms with van der Waals surface area (Å²) >= 11 is 3.34. The molecule has 0 amide bonds. The van der Waals surface area contributed by atoms with Crippen molar-refractivity contribution in [2.24, 2.45) is 0 Å². The number of carbonyl (C=O) groups excluding carboxylic acids is 1. The van der Waals surface area contributed by atoms with Gasteiger partial charge in [-0.1, -0.05) is 52.3 Å². The molecular weight excluding hydrogens is 268 g/mol. The lowest BCUT2D eigenvalue weighted by molar-refractivity contribution is -0.140. The van der Waals surface area contributed by atoms with Gasteiger partial charge in [0, 0.05) is 11.8 Å². The predicted octanol–water partition coefficient (Wildman–Crippen LogP) is 3.20. The minimum absolute atomic E-state index is 0.167. The van der Waals surface area contributed by atoms with Gasteiger partial charge in [-0.25, -0.2) is 0 Å². The summed E-state index contributed by atoms with van der Waals surface area (Å²) in [4.78, 5) is 11.1. The third-order valence-corrected chi connectivity index (χ3v) is 2.64. The molecule has 0 saturated carbocycles. The maximum Gasteiger partial charge on any atom is 0.305 e. The van der Waals surface area contributed by atoms with Crippen LogP contribution in [0.5, 0.6) is 0 Å². The van der Waals surface area contributed by atoms with E-state index in [9.17, 15) is 4.79 Å². The highest BCUT2D eigenvalue weighted by Crippen LogP contribution is 2.13. The summed E-state index contributed by atoms with van der Waals surface area (Å²) in [6.07, 6.45) is 5.24. The zero-order valence-corrected chi connectivity index (χ0v) is 10.9. The van der Waals surface area contributed by atoms with Crippen LogP contribution in [0.1, 0.15) is 17.5 Å². The van der Waals surface area contributed by atoms with Gasteiger partial charge in [0.2, 0.25) is 0 Å². The number of esters is 1. The summed E-state index contributed by atoms with van der Waals surface area (Å²) in [5, 5.41) is 0.832. The molecule has 2 nitrogen and oxygen atoms in total. The first-order valence-corrected chi connectivity index (χ1v) is 6.27. The van der Waals surface area contributed by atoms with Gasteiger partial charge in [0.15, 0.2) is 0 Å². The summed E-state index contributed by atoms with van der Waals surface area (Å²) in [6, 6.07) is 8.07. The summed E-state index contributed by atoms with van der Waals surface area (Å²) in [6.45, 7) is 0. The van der Waals surface area contributed by atoms with E-state index >= 15 is 0 Å². The standard InChI is InChI=1S/C13H15BrO2/c1-16-13(15)9-8-12-6-3-2-5-11(12)7-4-10-14/h2-7H,8-10H2,1H3. The number of halogens is 1. The Labute approximate surface area is 104 Å². The van der Waals surface area contributed by atoms with Gasteiger partial charge in [0.05, 0.1) is 7.11 Å². The number of aryl methyl sites for hydroxylation is 1. The molecule has 3 heteroatoms. The third kappa shape index (κ3) is 4.19. The molecule has 0 atom stereocenters. The number of carbonyl (C=O) groups is 1. The summed E-state index contributed by atoms with van der Waals surface area (Å²) in [7, 11) is 1.42. The molecular formula is C13H15BrO2. The summed E-state index contributed by atoms with van der Waals surface area (Å²) in [5.74, 6) is -0.167. The number of hydrogen-bond acceptors (Lipinski definition) is 2. The molecule has 0 bridgehead atoms. The van der Waals surface area contributed by atoms with Gasteiger partial charge in [-0.05, 0) is 17.5 Å². The maximum absolute atomic E-state index is 11.1. The van der Waals surface area contributed by atoms with Crippen molar-refractivity contribution in [3.63, 3.8) is 0 Å². The highest BCUT2D eigenvalue weighted by molar-refractivity contribution is 9.09. The molecule has 0 fully saturated rings. The van der Waals surface area contributed by atoms with Crippen molar-refractivity contribution in [3.8, 4) is 0 Å². The number of ether oxygens (including phenoxy) is 1. The number of allylic oxidation sites excluding steroid dienone is 1. The topological polar surface area (TPSA) is 26.3 Å². The molecule has 0 saturated heterocycles. The van der Waals surface area contributed by atoms with Gasteiger partial charge >= 0.3 is 5.97 Å². The van der Waals surface area contributed by atoms with Crippen molar-refractivity contribution >= 4 is 28.0 Å². The number of benzene rings is 1. The lowest BCUT2D eigenvalue weighted by Crippen LogP contribution is -2.02. The van der Waals surface area contributed by atoms with Crippen LogP contribution in [0.25, 0.3) is 6.08 Å². The molecule has 0 spiro atoms. The zero-order valence-electron chi connectivity index (χ0n) is 9.28. The van der Waals surface area contributed by atoms with Crippen molar-refractivity contribution in [2.75, 3.05) is 12.4 Å². The Morgan fingerprint density at radius 1 is 1.44 bits per heavy atom. The smallest absolute Gasteiger partial charge is 0.305 e. The molecule has 0 aliphatic heterocycles. The Hall–Kier alpha value is -1.09. The van der Waals surface area contributed by atoms with Crippen molar-refractivity contribution in [3.05, 3.63) is 41.5 Å². The second-order valence-electron chi connectivity index (χ2n) is 3.33. The molecule has 0 aliphatic rings. The van der Waals surface area contributed by atoms with Gasteiger partial charge in [-0.2, -0.15) is 0 Å². The van der Waals surface area contributed by atoms with Crippen molar-refractivity contribution in [1.82, 2.24) is 0 Å². The Balaban J connectivity index is 2.71. The molecule has 0 unspecified atom stereocenters. The molecule has 1 aromatic carbocycles. The monoisotopic (exact) mass is 282 g/mol. The average Bonchev–Trinajstić information content (AvgIpc) is 2.34. The van der Waals surface area contributed by atoms with Crippen LogP contribution in [-0.4, -0.2) is 18.4 Å². The predicted molar refractivity (Wildman–Crippen MR) is 69.6 cm³/mol. The van der Waals surface area contributed by atoms with Gasteiger partial charge in [-0.3, -0.25) is 4.79 Å². The van der Waals surface area contributed by atoms with Gasteiger partial charge in [0.1, 0.15) is 0 Å². The molecule has 0 heterocycles. The summed E-state index contributed by atoms with van der Waals surface area (Å²) in [5.41, 5.74) is 2.33. The maximum atomic E-state index is 11.1. The minimum Gasteiger partial charge on any atom is -0.469 e. The Morgan fingerprint density at radius 3 is 2.88 bits per heavy atom. The lowest BCUT2D eigenvalue weighted by atomic mass is 10.0. The van der Waals surface area contributed by atoms with Crippen LogP contribution in [0, 0.1) is 0 Å². The van der Waals surface area contributed by atoms with Crippen LogP contribution in [0.2, 0.25) is 0 Å². The van der Waals surface area contributed by atoms with Crippen LogP contribution >= 0.6 is 15.9 Å². The minimum atomic E-state index is -0.167. The van der Waals surface area contributed by atoms with E-state index in [4.69, 9.17) is 0 Å². The van der Waals surface area contributed by atoms with E-state index in [1.54, 1.807) is 0 Å². The van der Waals surface area contributed by atoms with Crippen molar-refractivity contribution in [1.29, 1.82) is 0 Å². The lowest BCUT2D eigenvalue weighted by Gasteiger charge is -2.04. The van der Waals surface area contributed by atoms with E-state index in [0.29, 0.717) is 6.42 Å². The Morgan fingerprint density at radius 2 is 2.19 bits per heavy atom. The molecule has 0 aliphatic carbocycles. The van der Waals surface area contributed by atoms with Crippen molar-refractivity contribution < 1.29 is 9.53 Å². The van der Waals surface area contributed by atoms with Crippen LogP contribution in [0.15, 0.2) is 30.3 Å². The number of rotatable bonds is 5. The van der Waals surface area contributed by atoms with Crippen LogP contribution < -0.4 is 0 Å². The van der Waals surface area contributed by atoms with E-state index in [1.807, 2.05) is 30.3 Å². The first kappa shape index (κ1) is 13.0. The van der Waals surface area contributed by atoms with E-state index in [0.717, 1.165) is 17.3 Å². The highest BCUT2D eigenvalue weighted by atomic mass is 79.9. The molecule has 0 radical (unpaired) electrons. The normalized spacial score (nSPS) is 10.6. The van der Waals surface area contributed by atoms with Crippen molar-refractivity contribution in [2.45, 2.75) is 12.8 Å². The highest BCUT2D eigenvalue weighted by Gasteiger charge is 2.03. The van der Waals surface area contributed by atoms with Crippen LogP contribution in [0.4, 0.5) is 0 Å². The fraction of sp³-hybridized carbons (Fsp3) is 0.308. The first-order valence-electron chi connectivity index (χ1n) is 5.15. The van der Waals surface area contributed by atoms with Crippen LogP contribution in [0.3, 0.4) is 0 Å². The van der Waals surface area contributed by atoms with E-state index in [1.165, 1.54) is 12.7 Å².